The van der Waals surface area contributed by atoms with Gasteiger partial charge in [0.1, 0.15) is 16.0 Å². The molecule has 0 spiro atoms. The van der Waals surface area contributed by atoms with Crippen molar-refractivity contribution in [2.75, 3.05) is 0 Å². The molecule has 2 heterocycles. The Balaban J connectivity index is 2.59. The van der Waals surface area contributed by atoms with E-state index in [-0.39, 0.29) is 0 Å². The predicted octanol–water partition coefficient (Wildman–Crippen LogP) is 2.69. The maximum atomic E-state index is 5.94. The maximum absolute atomic E-state index is 5.94. The summed E-state index contributed by atoms with van der Waals surface area (Å²) in [5, 5.41) is 0.584. The Bertz CT molecular complexity index is 427. The molecule has 0 unspecified atom stereocenters. The van der Waals surface area contributed by atoms with Gasteiger partial charge in [-0.15, -0.1) is 0 Å². The van der Waals surface area contributed by atoms with Crippen LogP contribution in [0.5, 0.6) is 0 Å². The Morgan fingerprint density at radius 2 is 2.38 bits per heavy atom. The third-order valence-corrected chi connectivity index (χ3v) is 2.42. The van der Waals surface area contributed by atoms with Crippen molar-refractivity contribution < 1.29 is 0 Å². The zero-order chi connectivity index (χ0) is 9.26. The van der Waals surface area contributed by atoms with Crippen molar-refractivity contribution in [1.82, 2.24) is 15.0 Å². The second-order valence-corrected chi connectivity index (χ2v) is 3.51. The van der Waals surface area contributed by atoms with Crippen LogP contribution in [0.2, 0.25) is 5.02 Å². The topological polar surface area (TPSA) is 41.6 Å². The molecular weight excluding hydrogens is 253 g/mol. The van der Waals surface area contributed by atoms with Crippen LogP contribution in [0.1, 0.15) is 0 Å². The van der Waals surface area contributed by atoms with E-state index in [9.17, 15) is 0 Å². The van der Waals surface area contributed by atoms with Crippen molar-refractivity contribution in [2.24, 2.45) is 0 Å². The number of aromatic nitrogens is 3. The first-order valence-corrected chi connectivity index (χ1v) is 4.68. The Kier molecular flexibility index (Phi) is 2.33. The standard InChI is InChI=1S/C8H4BrClN3/c9-8-7(12-4-13-8)6-5(10)2-1-3-11-6/h1-3H,(H,12,13). The summed E-state index contributed by atoms with van der Waals surface area (Å²) in [6.07, 6.45) is 4.28. The highest BCUT2D eigenvalue weighted by molar-refractivity contribution is 9.10. The molecular formula is C8H4BrClN3. The van der Waals surface area contributed by atoms with Crippen molar-refractivity contribution in [3.63, 3.8) is 0 Å². The summed E-state index contributed by atoms with van der Waals surface area (Å²) in [5.41, 5.74) is 1.41. The van der Waals surface area contributed by atoms with Gasteiger partial charge in [-0.05, 0) is 28.1 Å². The minimum absolute atomic E-state index is 0.584. The number of H-pyrrole nitrogens is 1. The molecule has 0 bridgehead atoms. The summed E-state index contributed by atoms with van der Waals surface area (Å²) in [4.78, 5) is 10.8. The van der Waals surface area contributed by atoms with Gasteiger partial charge in [0.2, 0.25) is 0 Å². The molecule has 0 fully saturated rings. The van der Waals surface area contributed by atoms with Gasteiger partial charge in [-0.1, -0.05) is 11.6 Å². The minimum atomic E-state index is 0.584. The number of hydrogen-bond donors (Lipinski definition) is 1. The molecule has 2 aromatic rings. The highest BCUT2D eigenvalue weighted by atomic mass is 79.9. The highest BCUT2D eigenvalue weighted by Crippen LogP contribution is 2.27. The number of hydrogen-bond acceptors (Lipinski definition) is 2. The van der Waals surface area contributed by atoms with E-state index in [1.807, 2.05) is 0 Å². The number of imidazole rings is 1. The van der Waals surface area contributed by atoms with Gasteiger partial charge in [0.15, 0.2) is 6.33 Å². The molecule has 0 aromatic carbocycles. The van der Waals surface area contributed by atoms with Crippen LogP contribution < -0.4 is 0 Å². The normalized spacial score (nSPS) is 10.3. The van der Waals surface area contributed by atoms with E-state index in [1.54, 1.807) is 18.3 Å². The third kappa shape index (κ3) is 1.59. The van der Waals surface area contributed by atoms with Crippen LogP contribution in [-0.2, 0) is 0 Å². The van der Waals surface area contributed by atoms with Gasteiger partial charge in [0.05, 0.1) is 5.02 Å². The third-order valence-electron chi connectivity index (χ3n) is 1.54. The van der Waals surface area contributed by atoms with Crippen molar-refractivity contribution in [2.45, 2.75) is 0 Å². The van der Waals surface area contributed by atoms with E-state index in [0.29, 0.717) is 15.3 Å². The van der Waals surface area contributed by atoms with Crippen LogP contribution in [0.15, 0.2) is 22.9 Å². The van der Waals surface area contributed by atoms with Crippen LogP contribution in [0, 0.1) is 6.33 Å². The van der Waals surface area contributed by atoms with Gasteiger partial charge in [0, 0.05) is 6.20 Å². The lowest BCUT2D eigenvalue weighted by Crippen LogP contribution is -1.84. The zero-order valence-electron chi connectivity index (χ0n) is 6.38. The second-order valence-electron chi connectivity index (χ2n) is 2.35. The van der Waals surface area contributed by atoms with Gasteiger partial charge in [0.25, 0.3) is 0 Å². The van der Waals surface area contributed by atoms with E-state index >= 15 is 0 Å². The first-order valence-electron chi connectivity index (χ1n) is 3.51. The molecule has 65 valence electrons. The van der Waals surface area contributed by atoms with Crippen molar-refractivity contribution in [3.05, 3.63) is 34.3 Å². The van der Waals surface area contributed by atoms with Crippen LogP contribution in [0.3, 0.4) is 0 Å². The second kappa shape index (κ2) is 3.47. The molecule has 13 heavy (non-hydrogen) atoms. The number of pyridine rings is 1. The van der Waals surface area contributed by atoms with Crippen LogP contribution in [0.4, 0.5) is 0 Å². The van der Waals surface area contributed by atoms with E-state index in [2.05, 4.69) is 37.2 Å². The Labute approximate surface area is 88.3 Å². The molecule has 0 atom stereocenters. The quantitative estimate of drug-likeness (QED) is 0.853. The predicted molar refractivity (Wildman–Crippen MR) is 53.4 cm³/mol. The number of nitrogens with zero attached hydrogens (tertiary/aromatic N) is 2. The summed E-state index contributed by atoms with van der Waals surface area (Å²) in [6, 6.07) is 3.55. The van der Waals surface area contributed by atoms with Crippen LogP contribution in [0.25, 0.3) is 11.4 Å². The molecule has 2 aromatic heterocycles. The van der Waals surface area contributed by atoms with Gasteiger partial charge in [-0.2, -0.15) is 0 Å². The summed E-state index contributed by atoms with van der Waals surface area (Å²) in [7, 11) is 0. The summed E-state index contributed by atoms with van der Waals surface area (Å²) < 4.78 is 0.660. The van der Waals surface area contributed by atoms with Crippen molar-refractivity contribution in [1.29, 1.82) is 0 Å². The van der Waals surface area contributed by atoms with E-state index in [1.165, 1.54) is 0 Å². The zero-order valence-corrected chi connectivity index (χ0v) is 8.72. The minimum Gasteiger partial charge on any atom is -0.333 e. The SMILES string of the molecule is Clc1cccnc1-c1[nH][c]nc1Br. The molecule has 0 saturated carbocycles. The van der Waals surface area contributed by atoms with Crippen molar-refractivity contribution in [3.8, 4) is 11.4 Å². The average Bonchev–Trinajstić information content (AvgIpc) is 2.52. The van der Waals surface area contributed by atoms with Gasteiger partial charge >= 0.3 is 0 Å². The fraction of sp³-hybridized carbons (Fsp3) is 0. The maximum Gasteiger partial charge on any atom is 0.175 e. The molecule has 0 amide bonds. The summed E-state index contributed by atoms with van der Waals surface area (Å²) in [6.45, 7) is 0. The Morgan fingerprint density at radius 1 is 1.54 bits per heavy atom. The Morgan fingerprint density at radius 3 is 3.00 bits per heavy atom. The largest absolute Gasteiger partial charge is 0.333 e. The first-order chi connectivity index (χ1) is 6.29. The fourth-order valence-electron chi connectivity index (χ4n) is 0.967. The molecule has 1 radical (unpaired) electrons. The fourth-order valence-corrected chi connectivity index (χ4v) is 1.56. The molecule has 0 aliphatic rings. The number of halogens is 2. The lowest BCUT2D eigenvalue weighted by Gasteiger charge is -1.98. The average molecular weight is 257 g/mol. The number of rotatable bonds is 1. The van der Waals surface area contributed by atoms with Crippen LogP contribution >= 0.6 is 27.5 Å². The molecule has 0 aliphatic heterocycles. The van der Waals surface area contributed by atoms with E-state index < -0.39 is 0 Å². The Hall–Kier alpha value is -0.870. The smallest absolute Gasteiger partial charge is 0.175 e. The van der Waals surface area contributed by atoms with Gasteiger partial charge in [-0.25, -0.2) is 4.98 Å². The molecule has 0 aliphatic carbocycles. The number of aromatic amines is 1. The summed E-state index contributed by atoms with van der Waals surface area (Å²) >= 11 is 9.21. The summed E-state index contributed by atoms with van der Waals surface area (Å²) in [5.74, 6) is 0. The first kappa shape index (κ1) is 8.72. The van der Waals surface area contributed by atoms with Gasteiger partial charge < -0.3 is 4.98 Å². The monoisotopic (exact) mass is 256 g/mol. The molecule has 1 N–H and O–H groups in total. The van der Waals surface area contributed by atoms with E-state index in [4.69, 9.17) is 11.6 Å². The van der Waals surface area contributed by atoms with E-state index in [0.717, 1.165) is 5.69 Å². The number of nitrogens with one attached hydrogen (secondary N) is 1. The van der Waals surface area contributed by atoms with Crippen molar-refractivity contribution >= 4 is 27.5 Å². The molecule has 3 nitrogen and oxygen atoms in total. The lowest BCUT2D eigenvalue weighted by atomic mass is 10.3. The van der Waals surface area contributed by atoms with Gasteiger partial charge in [-0.3, -0.25) is 4.98 Å². The molecule has 5 heteroatoms. The van der Waals surface area contributed by atoms with Crippen LogP contribution in [-0.4, -0.2) is 15.0 Å². The lowest BCUT2D eigenvalue weighted by molar-refractivity contribution is 1.26. The molecule has 0 saturated heterocycles. The highest BCUT2D eigenvalue weighted by Gasteiger charge is 2.09. The molecule has 2 rings (SSSR count).